The maximum absolute atomic E-state index is 12.2. The van der Waals surface area contributed by atoms with Crippen LogP contribution in [-0.4, -0.2) is 53.1 Å². The fourth-order valence-electron chi connectivity index (χ4n) is 2.91. The average Bonchev–Trinajstić information content (AvgIpc) is 3.04. The van der Waals surface area contributed by atoms with Crippen LogP contribution in [0.2, 0.25) is 5.02 Å². The molecule has 0 saturated carbocycles. The molecule has 1 aliphatic heterocycles. The predicted molar refractivity (Wildman–Crippen MR) is 96.6 cm³/mol. The summed E-state index contributed by atoms with van der Waals surface area (Å²) in [5.74, 6) is 1.00. The highest BCUT2D eigenvalue weighted by Crippen LogP contribution is 2.16. The second-order valence-electron chi connectivity index (χ2n) is 5.83. The highest BCUT2D eigenvalue weighted by molar-refractivity contribution is 6.30. The minimum absolute atomic E-state index is 0.0132. The van der Waals surface area contributed by atoms with Crippen LogP contribution in [0.15, 0.2) is 36.7 Å². The summed E-state index contributed by atoms with van der Waals surface area (Å²) in [5.41, 5.74) is 0.733. The van der Waals surface area contributed by atoms with E-state index >= 15 is 0 Å². The van der Waals surface area contributed by atoms with Gasteiger partial charge in [-0.15, -0.1) is 0 Å². The maximum Gasteiger partial charge on any atom is 0.238 e. The van der Waals surface area contributed by atoms with E-state index in [1.807, 2.05) is 24.5 Å². The third-order valence-corrected chi connectivity index (χ3v) is 4.40. The Morgan fingerprint density at radius 2 is 2.08 bits per heavy atom. The van der Waals surface area contributed by atoms with Gasteiger partial charge in [0.05, 0.1) is 6.54 Å². The molecule has 0 aliphatic carbocycles. The number of hydrogen-bond donors (Lipinski definition) is 1. The number of anilines is 2. The predicted octanol–water partition coefficient (Wildman–Crippen LogP) is 2.32. The van der Waals surface area contributed by atoms with E-state index in [0.717, 1.165) is 44.4 Å². The lowest BCUT2D eigenvalue weighted by Crippen LogP contribution is -2.49. The Hall–Kier alpha value is -2.05. The van der Waals surface area contributed by atoms with Gasteiger partial charge in [0, 0.05) is 55.8 Å². The van der Waals surface area contributed by atoms with Crippen molar-refractivity contribution in [1.82, 2.24) is 14.5 Å². The van der Waals surface area contributed by atoms with Crippen LogP contribution in [0.4, 0.5) is 11.6 Å². The standard InChI is InChI=1S/C17H22ClN5O/c1-2-22-7-6-19-17(22)23-10-8-21(9-11-23)13-16(24)20-15-5-3-4-14(18)12-15/h3-7,12H,2,8-11,13H2,1H3,(H,20,24). The Morgan fingerprint density at radius 3 is 2.79 bits per heavy atom. The first-order chi connectivity index (χ1) is 11.7. The maximum atomic E-state index is 12.2. The molecule has 1 aromatic carbocycles. The normalized spacial score (nSPS) is 15.5. The van der Waals surface area contributed by atoms with Crippen molar-refractivity contribution < 1.29 is 4.79 Å². The topological polar surface area (TPSA) is 53.4 Å². The molecule has 1 aliphatic rings. The molecule has 1 N–H and O–H groups in total. The number of aromatic nitrogens is 2. The molecule has 0 unspecified atom stereocenters. The molecule has 128 valence electrons. The van der Waals surface area contributed by atoms with Gasteiger partial charge < -0.3 is 14.8 Å². The van der Waals surface area contributed by atoms with E-state index in [9.17, 15) is 4.79 Å². The minimum Gasteiger partial charge on any atom is -0.340 e. The minimum atomic E-state index is -0.0132. The van der Waals surface area contributed by atoms with Gasteiger partial charge >= 0.3 is 0 Å². The number of benzene rings is 1. The zero-order valence-corrected chi connectivity index (χ0v) is 14.5. The van der Waals surface area contributed by atoms with Crippen molar-refractivity contribution in [3.63, 3.8) is 0 Å². The second kappa shape index (κ2) is 7.68. The summed E-state index contributed by atoms with van der Waals surface area (Å²) in [7, 11) is 0. The summed E-state index contributed by atoms with van der Waals surface area (Å²) >= 11 is 5.93. The number of carbonyl (C=O) groups excluding carboxylic acids is 1. The number of rotatable bonds is 5. The Labute approximate surface area is 147 Å². The van der Waals surface area contributed by atoms with Crippen molar-refractivity contribution in [2.24, 2.45) is 0 Å². The SMILES string of the molecule is CCn1ccnc1N1CCN(CC(=O)Nc2cccc(Cl)c2)CC1. The van der Waals surface area contributed by atoms with Gasteiger partial charge in [-0.2, -0.15) is 0 Å². The van der Waals surface area contributed by atoms with Crippen molar-refractivity contribution >= 4 is 29.1 Å². The second-order valence-corrected chi connectivity index (χ2v) is 6.27. The number of hydrogen-bond acceptors (Lipinski definition) is 4. The van der Waals surface area contributed by atoms with Gasteiger partial charge in [-0.25, -0.2) is 4.98 Å². The van der Waals surface area contributed by atoms with E-state index in [1.165, 1.54) is 0 Å². The fourth-order valence-corrected chi connectivity index (χ4v) is 3.10. The smallest absolute Gasteiger partial charge is 0.238 e. The molecule has 24 heavy (non-hydrogen) atoms. The lowest BCUT2D eigenvalue weighted by molar-refractivity contribution is -0.117. The van der Waals surface area contributed by atoms with Crippen molar-refractivity contribution in [1.29, 1.82) is 0 Å². The molecule has 2 aromatic rings. The highest BCUT2D eigenvalue weighted by atomic mass is 35.5. The van der Waals surface area contributed by atoms with Crippen LogP contribution in [0, 0.1) is 0 Å². The molecule has 2 heterocycles. The fraction of sp³-hybridized carbons (Fsp3) is 0.412. The molecule has 1 saturated heterocycles. The van der Waals surface area contributed by atoms with Gasteiger partial charge in [-0.3, -0.25) is 9.69 Å². The first-order valence-electron chi connectivity index (χ1n) is 8.19. The molecule has 0 radical (unpaired) electrons. The number of aryl methyl sites for hydroxylation is 1. The Balaban J connectivity index is 1.49. The summed E-state index contributed by atoms with van der Waals surface area (Å²) in [6.07, 6.45) is 3.84. The molecule has 0 bridgehead atoms. The van der Waals surface area contributed by atoms with E-state index in [2.05, 4.69) is 31.6 Å². The number of carbonyl (C=O) groups is 1. The zero-order chi connectivity index (χ0) is 16.9. The van der Waals surface area contributed by atoms with Crippen LogP contribution in [0.5, 0.6) is 0 Å². The lowest BCUT2D eigenvalue weighted by Gasteiger charge is -2.35. The van der Waals surface area contributed by atoms with Crippen LogP contribution in [0.1, 0.15) is 6.92 Å². The number of amides is 1. The monoisotopic (exact) mass is 347 g/mol. The Kier molecular flexibility index (Phi) is 5.37. The summed E-state index contributed by atoms with van der Waals surface area (Å²) in [6.45, 7) is 6.86. The van der Waals surface area contributed by atoms with Gasteiger partial charge in [0.1, 0.15) is 0 Å². The quantitative estimate of drug-likeness (QED) is 0.901. The zero-order valence-electron chi connectivity index (χ0n) is 13.8. The van der Waals surface area contributed by atoms with E-state index in [4.69, 9.17) is 11.6 Å². The lowest BCUT2D eigenvalue weighted by atomic mass is 10.3. The summed E-state index contributed by atoms with van der Waals surface area (Å²) in [6, 6.07) is 7.21. The van der Waals surface area contributed by atoms with Gasteiger partial charge in [0.15, 0.2) is 0 Å². The van der Waals surface area contributed by atoms with Crippen LogP contribution in [-0.2, 0) is 11.3 Å². The molecule has 0 spiro atoms. The van der Waals surface area contributed by atoms with Gasteiger partial charge in [-0.05, 0) is 25.1 Å². The number of nitrogens with one attached hydrogen (secondary N) is 1. The van der Waals surface area contributed by atoms with Gasteiger partial charge in [0.25, 0.3) is 0 Å². The first-order valence-corrected chi connectivity index (χ1v) is 8.57. The third kappa shape index (κ3) is 4.07. The van der Waals surface area contributed by atoms with Crippen LogP contribution >= 0.6 is 11.6 Å². The van der Waals surface area contributed by atoms with Crippen molar-refractivity contribution in [3.8, 4) is 0 Å². The molecule has 1 aromatic heterocycles. The van der Waals surface area contributed by atoms with Crippen molar-refractivity contribution in [3.05, 3.63) is 41.7 Å². The largest absolute Gasteiger partial charge is 0.340 e. The number of halogens is 1. The number of nitrogens with zero attached hydrogens (tertiary/aromatic N) is 4. The molecular formula is C17H22ClN5O. The van der Waals surface area contributed by atoms with Crippen LogP contribution < -0.4 is 10.2 Å². The molecule has 0 atom stereocenters. The first kappa shape index (κ1) is 16.8. The van der Waals surface area contributed by atoms with E-state index in [-0.39, 0.29) is 5.91 Å². The van der Waals surface area contributed by atoms with Crippen molar-refractivity contribution in [2.75, 3.05) is 42.9 Å². The van der Waals surface area contributed by atoms with E-state index in [0.29, 0.717) is 11.6 Å². The molecule has 1 amide bonds. The highest BCUT2D eigenvalue weighted by Gasteiger charge is 2.21. The Morgan fingerprint density at radius 1 is 1.29 bits per heavy atom. The molecule has 1 fully saturated rings. The van der Waals surface area contributed by atoms with E-state index < -0.39 is 0 Å². The van der Waals surface area contributed by atoms with E-state index in [1.54, 1.807) is 12.1 Å². The third-order valence-electron chi connectivity index (χ3n) is 4.16. The summed E-state index contributed by atoms with van der Waals surface area (Å²) < 4.78 is 2.14. The molecular weight excluding hydrogens is 326 g/mol. The Bertz CT molecular complexity index is 694. The van der Waals surface area contributed by atoms with Crippen molar-refractivity contribution in [2.45, 2.75) is 13.5 Å². The summed E-state index contributed by atoms with van der Waals surface area (Å²) in [4.78, 5) is 21.1. The number of piperazine rings is 1. The number of imidazole rings is 1. The molecule has 7 heteroatoms. The van der Waals surface area contributed by atoms with Gasteiger partial charge in [0.2, 0.25) is 11.9 Å². The molecule has 3 rings (SSSR count). The van der Waals surface area contributed by atoms with Crippen LogP contribution in [0.25, 0.3) is 0 Å². The van der Waals surface area contributed by atoms with Crippen LogP contribution in [0.3, 0.4) is 0 Å². The van der Waals surface area contributed by atoms with Gasteiger partial charge in [-0.1, -0.05) is 17.7 Å². The molecule has 6 nitrogen and oxygen atoms in total. The summed E-state index contributed by atoms with van der Waals surface area (Å²) in [5, 5.41) is 3.51. The average molecular weight is 348 g/mol.